The van der Waals surface area contributed by atoms with E-state index in [1.54, 1.807) is 13.2 Å². The lowest BCUT2D eigenvalue weighted by Crippen LogP contribution is -2.23. The molecule has 2 nitrogen and oxygen atoms in total. The van der Waals surface area contributed by atoms with Crippen LogP contribution in [0.25, 0.3) is 0 Å². The maximum Gasteiger partial charge on any atom is 0.123 e. The largest absolute Gasteiger partial charge is 0.383 e. The summed E-state index contributed by atoms with van der Waals surface area (Å²) in [6, 6.07) is 5.45. The molecule has 2 rings (SSSR count). The smallest absolute Gasteiger partial charge is 0.123 e. The van der Waals surface area contributed by atoms with Crippen LogP contribution in [0, 0.1) is 5.82 Å². The fourth-order valence-electron chi connectivity index (χ4n) is 2.13. The zero-order chi connectivity index (χ0) is 10.7. The number of halogens is 1. The lowest BCUT2D eigenvalue weighted by atomic mass is 10.1. The van der Waals surface area contributed by atoms with Crippen molar-refractivity contribution < 1.29 is 9.13 Å². The monoisotopic (exact) mass is 209 g/mol. The summed E-state index contributed by atoms with van der Waals surface area (Å²) in [6.45, 7) is 1.56. The van der Waals surface area contributed by atoms with Crippen molar-refractivity contribution >= 4 is 0 Å². The van der Waals surface area contributed by atoms with Gasteiger partial charge in [0.2, 0.25) is 0 Å². The molecule has 0 amide bonds. The Balaban J connectivity index is 2.02. The van der Waals surface area contributed by atoms with Crippen molar-refractivity contribution in [2.45, 2.75) is 18.9 Å². The summed E-state index contributed by atoms with van der Waals surface area (Å²) in [4.78, 5) is 0. The first kappa shape index (κ1) is 10.6. The van der Waals surface area contributed by atoms with Crippen LogP contribution in [-0.2, 0) is 11.2 Å². The second-order valence-corrected chi connectivity index (χ2v) is 3.88. The average Bonchev–Trinajstić information content (AvgIpc) is 2.61. The van der Waals surface area contributed by atoms with Gasteiger partial charge in [0.1, 0.15) is 5.82 Å². The standard InChI is InChI=1S/C12H16FNO/c1-15-7-6-14-12-5-2-9-8-10(13)3-4-11(9)12/h3-4,8,12,14H,2,5-7H2,1H3. The molecular formula is C12H16FNO. The van der Waals surface area contributed by atoms with Crippen molar-refractivity contribution in [3.63, 3.8) is 0 Å². The summed E-state index contributed by atoms with van der Waals surface area (Å²) in [5, 5.41) is 3.41. The third-order valence-corrected chi connectivity index (χ3v) is 2.88. The third-order valence-electron chi connectivity index (χ3n) is 2.88. The Labute approximate surface area is 89.4 Å². The van der Waals surface area contributed by atoms with Crippen molar-refractivity contribution in [2.24, 2.45) is 0 Å². The fraction of sp³-hybridized carbons (Fsp3) is 0.500. The first-order valence-electron chi connectivity index (χ1n) is 5.32. The topological polar surface area (TPSA) is 21.3 Å². The molecule has 0 aromatic heterocycles. The van der Waals surface area contributed by atoms with E-state index in [4.69, 9.17) is 4.74 Å². The lowest BCUT2D eigenvalue weighted by Gasteiger charge is -2.13. The molecule has 0 heterocycles. The molecule has 0 fully saturated rings. The zero-order valence-electron chi connectivity index (χ0n) is 8.92. The van der Waals surface area contributed by atoms with E-state index in [1.165, 1.54) is 11.6 Å². The molecule has 0 saturated heterocycles. The van der Waals surface area contributed by atoms with Crippen LogP contribution >= 0.6 is 0 Å². The Morgan fingerprint density at radius 2 is 2.40 bits per heavy atom. The molecule has 1 aromatic carbocycles. The van der Waals surface area contributed by atoms with Gasteiger partial charge in [-0.2, -0.15) is 0 Å². The van der Waals surface area contributed by atoms with Crippen molar-refractivity contribution in [2.75, 3.05) is 20.3 Å². The Hall–Kier alpha value is -0.930. The molecule has 0 bridgehead atoms. The minimum absolute atomic E-state index is 0.133. The first-order valence-corrected chi connectivity index (χ1v) is 5.32. The van der Waals surface area contributed by atoms with Crippen LogP contribution in [0.1, 0.15) is 23.6 Å². The summed E-state index contributed by atoms with van der Waals surface area (Å²) < 4.78 is 17.9. The predicted molar refractivity (Wildman–Crippen MR) is 57.3 cm³/mol. The van der Waals surface area contributed by atoms with E-state index in [0.29, 0.717) is 12.6 Å². The second-order valence-electron chi connectivity index (χ2n) is 3.88. The van der Waals surface area contributed by atoms with Crippen LogP contribution in [0.3, 0.4) is 0 Å². The highest BCUT2D eigenvalue weighted by Gasteiger charge is 2.21. The molecule has 1 atom stereocenters. The van der Waals surface area contributed by atoms with Gasteiger partial charge in [-0.15, -0.1) is 0 Å². The zero-order valence-corrected chi connectivity index (χ0v) is 8.92. The molecule has 0 spiro atoms. The molecular weight excluding hydrogens is 193 g/mol. The molecule has 0 aliphatic heterocycles. The molecule has 15 heavy (non-hydrogen) atoms. The van der Waals surface area contributed by atoms with Crippen molar-refractivity contribution in [3.05, 3.63) is 35.1 Å². The lowest BCUT2D eigenvalue weighted by molar-refractivity contribution is 0.195. The number of benzene rings is 1. The third kappa shape index (κ3) is 2.36. The number of aryl methyl sites for hydroxylation is 1. The molecule has 1 aromatic rings. The van der Waals surface area contributed by atoms with E-state index in [1.807, 2.05) is 6.07 Å². The summed E-state index contributed by atoms with van der Waals surface area (Å²) in [7, 11) is 1.69. The summed E-state index contributed by atoms with van der Waals surface area (Å²) in [5.74, 6) is -0.133. The van der Waals surface area contributed by atoms with Crippen LogP contribution in [0.2, 0.25) is 0 Å². The quantitative estimate of drug-likeness (QED) is 0.766. The van der Waals surface area contributed by atoms with E-state index < -0.39 is 0 Å². The SMILES string of the molecule is COCCNC1CCc2cc(F)ccc21. The molecule has 1 aliphatic carbocycles. The number of methoxy groups -OCH3 is 1. The Kier molecular flexibility index (Phi) is 3.34. The molecule has 1 N–H and O–H groups in total. The van der Waals surface area contributed by atoms with Crippen LogP contribution < -0.4 is 5.32 Å². The Bertz CT molecular complexity index is 340. The van der Waals surface area contributed by atoms with Gasteiger partial charge in [-0.3, -0.25) is 0 Å². The van der Waals surface area contributed by atoms with E-state index in [0.717, 1.165) is 24.9 Å². The minimum atomic E-state index is -0.133. The maximum atomic E-state index is 13.0. The Morgan fingerprint density at radius 3 is 3.20 bits per heavy atom. The highest BCUT2D eigenvalue weighted by Crippen LogP contribution is 2.31. The van der Waals surface area contributed by atoms with Gasteiger partial charge < -0.3 is 10.1 Å². The molecule has 82 valence electrons. The average molecular weight is 209 g/mol. The van der Waals surface area contributed by atoms with Crippen LogP contribution in [0.5, 0.6) is 0 Å². The fourth-order valence-corrected chi connectivity index (χ4v) is 2.13. The maximum absolute atomic E-state index is 13.0. The van der Waals surface area contributed by atoms with Gasteiger partial charge >= 0.3 is 0 Å². The van der Waals surface area contributed by atoms with E-state index in [9.17, 15) is 4.39 Å². The minimum Gasteiger partial charge on any atom is -0.383 e. The molecule has 0 saturated carbocycles. The van der Waals surface area contributed by atoms with Crippen LogP contribution in [0.4, 0.5) is 4.39 Å². The Morgan fingerprint density at radius 1 is 1.53 bits per heavy atom. The molecule has 1 aliphatic rings. The van der Waals surface area contributed by atoms with Gasteiger partial charge in [0, 0.05) is 19.7 Å². The number of hydrogen-bond acceptors (Lipinski definition) is 2. The van der Waals surface area contributed by atoms with E-state index in [2.05, 4.69) is 5.32 Å². The van der Waals surface area contributed by atoms with E-state index >= 15 is 0 Å². The number of ether oxygens (including phenoxy) is 1. The van der Waals surface area contributed by atoms with Gasteiger partial charge in [-0.25, -0.2) is 4.39 Å². The molecule has 3 heteroatoms. The van der Waals surface area contributed by atoms with Crippen LogP contribution in [-0.4, -0.2) is 20.3 Å². The van der Waals surface area contributed by atoms with Crippen molar-refractivity contribution in [1.82, 2.24) is 5.32 Å². The summed E-state index contributed by atoms with van der Waals surface area (Å²) in [5.41, 5.74) is 2.39. The molecule has 0 radical (unpaired) electrons. The highest BCUT2D eigenvalue weighted by molar-refractivity contribution is 5.34. The number of rotatable bonds is 4. The summed E-state index contributed by atoms with van der Waals surface area (Å²) in [6.07, 6.45) is 2.03. The number of nitrogens with one attached hydrogen (secondary N) is 1. The number of fused-ring (bicyclic) bond motifs is 1. The number of hydrogen-bond donors (Lipinski definition) is 1. The van der Waals surface area contributed by atoms with Gasteiger partial charge in [0.15, 0.2) is 0 Å². The van der Waals surface area contributed by atoms with Gasteiger partial charge in [-0.05, 0) is 36.1 Å². The summed E-state index contributed by atoms with van der Waals surface area (Å²) >= 11 is 0. The second kappa shape index (κ2) is 4.73. The van der Waals surface area contributed by atoms with Crippen molar-refractivity contribution in [1.29, 1.82) is 0 Å². The van der Waals surface area contributed by atoms with Gasteiger partial charge in [0.05, 0.1) is 6.61 Å². The normalized spacial score (nSPS) is 19.2. The van der Waals surface area contributed by atoms with E-state index in [-0.39, 0.29) is 5.82 Å². The molecule has 1 unspecified atom stereocenters. The highest BCUT2D eigenvalue weighted by atomic mass is 19.1. The first-order chi connectivity index (χ1) is 7.31. The van der Waals surface area contributed by atoms with Crippen LogP contribution in [0.15, 0.2) is 18.2 Å². The van der Waals surface area contributed by atoms with Crippen molar-refractivity contribution in [3.8, 4) is 0 Å². The van der Waals surface area contributed by atoms with Gasteiger partial charge in [0.25, 0.3) is 0 Å². The predicted octanol–water partition coefficient (Wildman–Crippen LogP) is 2.05. The van der Waals surface area contributed by atoms with Gasteiger partial charge in [-0.1, -0.05) is 6.07 Å².